The molecule has 0 heterocycles. The van der Waals surface area contributed by atoms with Gasteiger partial charge in [-0.05, 0) is 12.0 Å². The van der Waals surface area contributed by atoms with Crippen molar-refractivity contribution < 1.29 is 4.79 Å². The Bertz CT molecular complexity index is 604. The summed E-state index contributed by atoms with van der Waals surface area (Å²) in [7, 11) is 0. The summed E-state index contributed by atoms with van der Waals surface area (Å²) in [6, 6.07) is 19.6. The van der Waals surface area contributed by atoms with Crippen LogP contribution in [0.1, 0.15) is 15.9 Å². The Hall–Kier alpha value is -2.08. The van der Waals surface area contributed by atoms with Crippen LogP contribution in [-0.2, 0) is 6.42 Å². The van der Waals surface area contributed by atoms with Crippen molar-refractivity contribution in [2.75, 3.05) is 19.6 Å². The van der Waals surface area contributed by atoms with Gasteiger partial charge in [0.05, 0.1) is 13.1 Å². The predicted molar refractivity (Wildman–Crippen MR) is 93.4 cm³/mol. The summed E-state index contributed by atoms with van der Waals surface area (Å²) in [5.74, 6) is 2.74. The first-order chi connectivity index (χ1) is 10.3. The lowest BCUT2D eigenvalue weighted by atomic mass is 10.1. The zero-order valence-electron chi connectivity index (χ0n) is 12.4. The Labute approximate surface area is 138 Å². The largest absolute Gasteiger partial charge is 0.293 e. The number of benzene rings is 2. The molecule has 0 radical (unpaired) electrons. The molecular weight excluding hydrogens is 294 g/mol. The van der Waals surface area contributed by atoms with E-state index >= 15 is 0 Å². The Morgan fingerprint density at radius 2 is 1.59 bits per heavy atom. The van der Waals surface area contributed by atoms with E-state index in [-0.39, 0.29) is 18.2 Å². The molecular formula is C19H20ClNO. The van der Waals surface area contributed by atoms with Crippen LogP contribution in [0, 0.1) is 12.3 Å². The molecule has 0 bridgehead atoms. The fraction of sp³-hybridized carbons (Fsp3) is 0.211. The van der Waals surface area contributed by atoms with Gasteiger partial charge in [0.2, 0.25) is 0 Å². The third-order valence-corrected chi connectivity index (χ3v) is 3.34. The number of Topliss-reactive ketones (excluding diaryl/α,β-unsaturated/α-hetero) is 1. The van der Waals surface area contributed by atoms with E-state index in [9.17, 15) is 4.79 Å². The van der Waals surface area contributed by atoms with Gasteiger partial charge in [0, 0.05) is 12.1 Å². The number of ketones is 1. The summed E-state index contributed by atoms with van der Waals surface area (Å²) in [5.41, 5.74) is 1.99. The highest BCUT2D eigenvalue weighted by Crippen LogP contribution is 2.05. The van der Waals surface area contributed by atoms with Crippen LogP contribution in [0.25, 0.3) is 0 Å². The smallest absolute Gasteiger partial charge is 0.176 e. The van der Waals surface area contributed by atoms with Crippen LogP contribution in [-0.4, -0.2) is 30.3 Å². The van der Waals surface area contributed by atoms with Crippen LogP contribution in [0.3, 0.4) is 0 Å². The molecule has 0 aliphatic carbocycles. The Balaban J connectivity index is 0.00000242. The lowest BCUT2D eigenvalue weighted by Crippen LogP contribution is -2.32. The summed E-state index contributed by atoms with van der Waals surface area (Å²) < 4.78 is 0. The molecule has 0 fully saturated rings. The Morgan fingerprint density at radius 1 is 1.00 bits per heavy atom. The highest BCUT2D eigenvalue weighted by atomic mass is 35.5. The molecule has 2 aromatic carbocycles. The van der Waals surface area contributed by atoms with Crippen LogP contribution in [0.4, 0.5) is 0 Å². The molecule has 0 aromatic heterocycles. The minimum Gasteiger partial charge on any atom is -0.293 e. The van der Waals surface area contributed by atoms with Crippen molar-refractivity contribution in [2.24, 2.45) is 0 Å². The molecule has 3 heteroatoms. The van der Waals surface area contributed by atoms with Gasteiger partial charge in [0.1, 0.15) is 0 Å². The number of carbonyl (C=O) groups is 1. The standard InChI is InChI=1S/C19H19NO.ClH/c1-2-14-20(15-13-17-9-5-3-6-10-17)16-19(21)18-11-7-4-8-12-18;/h1,3-12H,13-16H2;1H. The van der Waals surface area contributed by atoms with Crippen molar-refractivity contribution in [3.8, 4) is 12.3 Å². The first-order valence-electron chi connectivity index (χ1n) is 7.07. The molecule has 2 aromatic rings. The average molecular weight is 314 g/mol. The minimum absolute atomic E-state index is 0. The summed E-state index contributed by atoms with van der Waals surface area (Å²) in [4.78, 5) is 14.2. The summed E-state index contributed by atoms with van der Waals surface area (Å²) in [6.45, 7) is 1.64. The van der Waals surface area contributed by atoms with Crippen LogP contribution < -0.4 is 0 Å². The Morgan fingerprint density at radius 3 is 2.18 bits per heavy atom. The molecule has 2 rings (SSSR count). The van der Waals surface area contributed by atoms with E-state index in [4.69, 9.17) is 6.42 Å². The lowest BCUT2D eigenvalue weighted by molar-refractivity contribution is 0.0940. The van der Waals surface area contributed by atoms with Crippen molar-refractivity contribution in [3.05, 3.63) is 71.8 Å². The summed E-state index contributed by atoms with van der Waals surface area (Å²) >= 11 is 0. The van der Waals surface area contributed by atoms with Crippen LogP contribution in [0.5, 0.6) is 0 Å². The molecule has 114 valence electrons. The van der Waals surface area contributed by atoms with Gasteiger partial charge in [-0.25, -0.2) is 0 Å². The van der Waals surface area contributed by atoms with Crippen molar-refractivity contribution in [2.45, 2.75) is 6.42 Å². The van der Waals surface area contributed by atoms with Crippen molar-refractivity contribution in [3.63, 3.8) is 0 Å². The predicted octanol–water partition coefficient (Wildman–Crippen LogP) is 3.47. The third kappa shape index (κ3) is 5.73. The average Bonchev–Trinajstić information content (AvgIpc) is 2.54. The first kappa shape index (κ1) is 18.0. The van der Waals surface area contributed by atoms with E-state index in [0.717, 1.165) is 18.5 Å². The topological polar surface area (TPSA) is 20.3 Å². The van der Waals surface area contributed by atoms with Crippen molar-refractivity contribution in [1.82, 2.24) is 4.90 Å². The summed E-state index contributed by atoms with van der Waals surface area (Å²) in [5, 5.41) is 0. The number of nitrogens with zero attached hydrogens (tertiary/aromatic N) is 1. The summed E-state index contributed by atoms with van der Waals surface area (Å²) in [6.07, 6.45) is 6.30. The zero-order chi connectivity index (χ0) is 14.9. The van der Waals surface area contributed by atoms with E-state index in [1.807, 2.05) is 53.4 Å². The van der Waals surface area contributed by atoms with Gasteiger partial charge < -0.3 is 0 Å². The van der Waals surface area contributed by atoms with Crippen LogP contribution in [0.2, 0.25) is 0 Å². The van der Waals surface area contributed by atoms with E-state index in [2.05, 4.69) is 18.1 Å². The Kier molecular flexibility index (Phi) is 7.99. The van der Waals surface area contributed by atoms with Gasteiger partial charge in [-0.3, -0.25) is 9.69 Å². The van der Waals surface area contributed by atoms with Crippen molar-refractivity contribution >= 4 is 18.2 Å². The number of hydrogen-bond donors (Lipinski definition) is 0. The fourth-order valence-electron chi connectivity index (χ4n) is 2.19. The number of hydrogen-bond acceptors (Lipinski definition) is 2. The molecule has 0 aliphatic rings. The third-order valence-electron chi connectivity index (χ3n) is 3.34. The van der Waals surface area contributed by atoms with Gasteiger partial charge in [-0.2, -0.15) is 0 Å². The molecule has 0 atom stereocenters. The highest BCUT2D eigenvalue weighted by Gasteiger charge is 2.11. The molecule has 0 saturated carbocycles. The minimum atomic E-state index is 0. The molecule has 0 aliphatic heterocycles. The quantitative estimate of drug-likeness (QED) is 0.576. The van der Waals surface area contributed by atoms with Gasteiger partial charge in [-0.15, -0.1) is 18.8 Å². The number of carbonyl (C=O) groups excluding carboxylic acids is 1. The maximum atomic E-state index is 12.2. The zero-order valence-corrected chi connectivity index (χ0v) is 13.3. The molecule has 2 nitrogen and oxygen atoms in total. The van der Waals surface area contributed by atoms with Gasteiger partial charge in [0.25, 0.3) is 0 Å². The molecule has 0 spiro atoms. The second-order valence-electron chi connectivity index (χ2n) is 4.94. The van der Waals surface area contributed by atoms with E-state index in [0.29, 0.717) is 13.1 Å². The lowest BCUT2D eigenvalue weighted by Gasteiger charge is -2.19. The van der Waals surface area contributed by atoms with Crippen molar-refractivity contribution in [1.29, 1.82) is 0 Å². The maximum Gasteiger partial charge on any atom is 0.176 e. The maximum absolute atomic E-state index is 12.2. The van der Waals surface area contributed by atoms with E-state index < -0.39 is 0 Å². The molecule has 22 heavy (non-hydrogen) atoms. The normalized spacial score (nSPS) is 9.82. The van der Waals surface area contributed by atoms with E-state index in [1.54, 1.807) is 0 Å². The van der Waals surface area contributed by atoms with Crippen LogP contribution in [0.15, 0.2) is 60.7 Å². The van der Waals surface area contributed by atoms with Crippen LogP contribution >= 0.6 is 12.4 Å². The molecule has 0 amide bonds. The second-order valence-corrected chi connectivity index (χ2v) is 4.94. The number of halogens is 1. The molecule has 0 unspecified atom stereocenters. The monoisotopic (exact) mass is 313 g/mol. The van der Waals surface area contributed by atoms with Gasteiger partial charge in [-0.1, -0.05) is 66.6 Å². The molecule has 0 saturated heterocycles. The fourth-order valence-corrected chi connectivity index (χ4v) is 2.19. The number of terminal acetylenes is 1. The van der Waals surface area contributed by atoms with Gasteiger partial charge in [0.15, 0.2) is 5.78 Å². The first-order valence-corrected chi connectivity index (χ1v) is 7.07. The highest BCUT2D eigenvalue weighted by molar-refractivity contribution is 5.97. The molecule has 0 N–H and O–H groups in total. The second kappa shape index (κ2) is 9.78. The van der Waals surface area contributed by atoms with Gasteiger partial charge >= 0.3 is 0 Å². The number of rotatable bonds is 7. The van der Waals surface area contributed by atoms with E-state index in [1.165, 1.54) is 5.56 Å². The SMILES string of the molecule is C#CCN(CCc1ccccc1)CC(=O)c1ccccc1.Cl.